The first kappa shape index (κ1) is 10.5. The van der Waals surface area contributed by atoms with Crippen molar-refractivity contribution in [2.45, 2.75) is 37.6 Å². The first-order valence-electron chi connectivity index (χ1n) is 6.11. The molecule has 1 heterocycles. The molecule has 88 valence electrons. The molecule has 1 unspecified atom stereocenters. The highest BCUT2D eigenvalue weighted by Gasteiger charge is 2.50. The maximum Gasteiger partial charge on any atom is 0.227 e. The molecule has 1 aliphatic carbocycles. The summed E-state index contributed by atoms with van der Waals surface area (Å²) in [5.74, 6) is 0.450. The van der Waals surface area contributed by atoms with Gasteiger partial charge in [-0.2, -0.15) is 0 Å². The van der Waals surface area contributed by atoms with Crippen molar-refractivity contribution in [1.29, 1.82) is 0 Å². The molecule has 3 nitrogen and oxygen atoms in total. The summed E-state index contributed by atoms with van der Waals surface area (Å²) in [7, 11) is 0. The molecule has 1 aromatic rings. The van der Waals surface area contributed by atoms with Gasteiger partial charge in [-0.3, -0.25) is 9.59 Å². The smallest absolute Gasteiger partial charge is 0.227 e. The molecule has 3 rings (SSSR count). The Morgan fingerprint density at radius 2 is 1.71 bits per heavy atom. The molecule has 1 atom stereocenters. The van der Waals surface area contributed by atoms with Gasteiger partial charge in [-0.1, -0.05) is 18.2 Å². The largest absolute Gasteiger partial charge is 0.306 e. The highest BCUT2D eigenvalue weighted by atomic mass is 16.2. The SMILES string of the molecule is O=C1CCC2(CCC(=O)N2c2ccccc2)C1. The molecule has 0 radical (unpaired) electrons. The summed E-state index contributed by atoms with van der Waals surface area (Å²) < 4.78 is 0. The van der Waals surface area contributed by atoms with E-state index in [2.05, 4.69) is 0 Å². The van der Waals surface area contributed by atoms with Gasteiger partial charge in [-0.25, -0.2) is 0 Å². The predicted molar refractivity (Wildman–Crippen MR) is 64.8 cm³/mol. The van der Waals surface area contributed by atoms with E-state index in [-0.39, 0.29) is 11.4 Å². The Balaban J connectivity index is 2.01. The van der Waals surface area contributed by atoms with Crippen molar-refractivity contribution >= 4 is 17.4 Å². The van der Waals surface area contributed by atoms with Gasteiger partial charge in [-0.05, 0) is 25.0 Å². The van der Waals surface area contributed by atoms with Gasteiger partial charge >= 0.3 is 0 Å². The van der Waals surface area contributed by atoms with E-state index in [0.717, 1.165) is 18.5 Å². The van der Waals surface area contributed by atoms with Crippen LogP contribution in [0.3, 0.4) is 0 Å². The number of anilines is 1. The van der Waals surface area contributed by atoms with Crippen LogP contribution < -0.4 is 4.90 Å². The lowest BCUT2D eigenvalue weighted by Gasteiger charge is -2.34. The number of Topliss-reactive ketones (excluding diaryl/α,β-unsaturated/α-hetero) is 1. The van der Waals surface area contributed by atoms with E-state index >= 15 is 0 Å². The molecule has 1 spiro atoms. The molecule has 0 N–H and O–H groups in total. The second-order valence-electron chi connectivity index (χ2n) is 5.00. The molecule has 1 amide bonds. The molecule has 0 bridgehead atoms. The maximum absolute atomic E-state index is 12.1. The lowest BCUT2D eigenvalue weighted by Crippen LogP contribution is -2.44. The first-order valence-corrected chi connectivity index (χ1v) is 6.11. The molecule has 2 aliphatic rings. The van der Waals surface area contributed by atoms with Crippen molar-refractivity contribution in [3.8, 4) is 0 Å². The summed E-state index contributed by atoms with van der Waals surface area (Å²) in [6.07, 6.45) is 3.38. The Hall–Kier alpha value is -1.64. The van der Waals surface area contributed by atoms with Crippen molar-refractivity contribution in [1.82, 2.24) is 0 Å². The average molecular weight is 229 g/mol. The van der Waals surface area contributed by atoms with Gasteiger partial charge in [-0.15, -0.1) is 0 Å². The van der Waals surface area contributed by atoms with Crippen LogP contribution in [0.1, 0.15) is 32.1 Å². The second-order valence-corrected chi connectivity index (χ2v) is 5.00. The van der Waals surface area contributed by atoms with Crippen molar-refractivity contribution in [3.63, 3.8) is 0 Å². The fourth-order valence-corrected chi connectivity index (χ4v) is 3.14. The second kappa shape index (κ2) is 3.69. The van der Waals surface area contributed by atoms with Crippen molar-refractivity contribution < 1.29 is 9.59 Å². The zero-order valence-corrected chi connectivity index (χ0v) is 9.69. The normalized spacial score (nSPS) is 28.4. The molecule has 0 aromatic heterocycles. The average Bonchev–Trinajstić information content (AvgIpc) is 2.85. The van der Waals surface area contributed by atoms with Crippen LogP contribution in [0.5, 0.6) is 0 Å². The summed E-state index contributed by atoms with van der Waals surface area (Å²) in [5, 5.41) is 0. The first-order chi connectivity index (χ1) is 8.21. The third-order valence-electron chi connectivity index (χ3n) is 3.94. The van der Waals surface area contributed by atoms with E-state index in [1.807, 2.05) is 35.2 Å². The molecule has 1 aliphatic heterocycles. The van der Waals surface area contributed by atoms with Crippen LogP contribution >= 0.6 is 0 Å². The molecule has 1 saturated heterocycles. The summed E-state index contributed by atoms with van der Waals surface area (Å²) in [6, 6.07) is 9.72. The Labute approximate surface area is 100 Å². The van der Waals surface area contributed by atoms with Crippen molar-refractivity contribution in [2.75, 3.05) is 4.90 Å². The van der Waals surface area contributed by atoms with E-state index in [4.69, 9.17) is 0 Å². The van der Waals surface area contributed by atoms with Crippen LogP contribution in [0.15, 0.2) is 30.3 Å². The van der Waals surface area contributed by atoms with Crippen LogP contribution in [0.25, 0.3) is 0 Å². The van der Waals surface area contributed by atoms with Crippen molar-refractivity contribution in [3.05, 3.63) is 30.3 Å². The Morgan fingerprint density at radius 1 is 1.00 bits per heavy atom. The zero-order valence-electron chi connectivity index (χ0n) is 9.69. The summed E-state index contributed by atoms with van der Waals surface area (Å²) in [5.41, 5.74) is 0.722. The monoisotopic (exact) mass is 229 g/mol. The van der Waals surface area contributed by atoms with E-state index in [1.165, 1.54) is 0 Å². The zero-order chi connectivity index (χ0) is 11.9. The fourth-order valence-electron chi connectivity index (χ4n) is 3.14. The van der Waals surface area contributed by atoms with Crippen LogP contribution in [0, 0.1) is 0 Å². The molecular weight excluding hydrogens is 214 g/mol. The molecule has 17 heavy (non-hydrogen) atoms. The predicted octanol–water partition coefficient (Wildman–Crippen LogP) is 2.31. The van der Waals surface area contributed by atoms with Gasteiger partial charge in [0, 0.05) is 24.9 Å². The molecule has 1 saturated carbocycles. The highest BCUT2D eigenvalue weighted by molar-refractivity contribution is 5.99. The quantitative estimate of drug-likeness (QED) is 0.741. The number of amides is 1. The summed E-state index contributed by atoms with van der Waals surface area (Å²) in [4.78, 5) is 25.5. The fraction of sp³-hybridized carbons (Fsp3) is 0.429. The van der Waals surface area contributed by atoms with Gasteiger partial charge in [0.1, 0.15) is 5.78 Å². The number of hydrogen-bond donors (Lipinski definition) is 0. The summed E-state index contributed by atoms with van der Waals surface area (Å²) in [6.45, 7) is 0. The Morgan fingerprint density at radius 3 is 2.35 bits per heavy atom. The van der Waals surface area contributed by atoms with Crippen LogP contribution in [-0.2, 0) is 9.59 Å². The molecule has 1 aromatic carbocycles. The van der Waals surface area contributed by atoms with Crippen LogP contribution in [0.2, 0.25) is 0 Å². The van der Waals surface area contributed by atoms with Gasteiger partial charge in [0.2, 0.25) is 5.91 Å². The Bertz CT molecular complexity index is 464. The van der Waals surface area contributed by atoms with E-state index in [1.54, 1.807) is 0 Å². The van der Waals surface area contributed by atoms with E-state index in [0.29, 0.717) is 25.0 Å². The van der Waals surface area contributed by atoms with Gasteiger partial charge in [0.25, 0.3) is 0 Å². The standard InChI is InChI=1S/C14H15NO2/c16-12-6-8-14(10-12)9-7-13(17)15(14)11-4-2-1-3-5-11/h1-5H,6-10H2. The molecular formula is C14H15NO2. The summed E-state index contributed by atoms with van der Waals surface area (Å²) >= 11 is 0. The Kier molecular flexibility index (Phi) is 2.28. The highest BCUT2D eigenvalue weighted by Crippen LogP contribution is 2.44. The van der Waals surface area contributed by atoms with Gasteiger partial charge in [0.15, 0.2) is 0 Å². The number of nitrogens with zero attached hydrogens (tertiary/aromatic N) is 1. The van der Waals surface area contributed by atoms with Crippen LogP contribution in [-0.4, -0.2) is 17.2 Å². The number of carbonyl (C=O) groups excluding carboxylic acids is 2. The maximum atomic E-state index is 12.1. The number of benzene rings is 1. The van der Waals surface area contributed by atoms with Gasteiger partial charge < -0.3 is 4.90 Å². The molecule has 2 fully saturated rings. The third-order valence-corrected chi connectivity index (χ3v) is 3.94. The van der Waals surface area contributed by atoms with E-state index < -0.39 is 0 Å². The number of ketones is 1. The molecule has 3 heteroatoms. The number of rotatable bonds is 1. The van der Waals surface area contributed by atoms with Gasteiger partial charge in [0.05, 0.1) is 5.54 Å². The minimum absolute atomic E-state index is 0.158. The lowest BCUT2D eigenvalue weighted by molar-refractivity contribution is -0.117. The number of carbonyl (C=O) groups is 2. The number of hydrogen-bond acceptors (Lipinski definition) is 2. The lowest BCUT2D eigenvalue weighted by atomic mass is 9.94. The third kappa shape index (κ3) is 1.57. The van der Waals surface area contributed by atoms with E-state index in [9.17, 15) is 9.59 Å². The topological polar surface area (TPSA) is 37.4 Å². The number of para-hydroxylation sites is 1. The minimum atomic E-state index is -0.213. The van der Waals surface area contributed by atoms with Crippen LogP contribution in [0.4, 0.5) is 5.69 Å². The van der Waals surface area contributed by atoms with Crippen molar-refractivity contribution in [2.24, 2.45) is 0 Å². The minimum Gasteiger partial charge on any atom is -0.306 e.